The Balaban J connectivity index is 1.27. The number of halogens is 2. The van der Waals surface area contributed by atoms with E-state index in [0.29, 0.717) is 48.1 Å². The van der Waals surface area contributed by atoms with Crippen LogP contribution in [0.15, 0.2) is 48.8 Å². The zero-order chi connectivity index (χ0) is 28.7. The van der Waals surface area contributed by atoms with Crippen LogP contribution in [0.4, 0.5) is 20.4 Å². The van der Waals surface area contributed by atoms with Crippen molar-refractivity contribution >= 4 is 34.4 Å². The van der Waals surface area contributed by atoms with E-state index >= 15 is 8.78 Å². The largest absolute Gasteiger partial charge is 0.392 e. The van der Waals surface area contributed by atoms with Gasteiger partial charge in [-0.25, -0.2) is 18.7 Å². The van der Waals surface area contributed by atoms with Crippen molar-refractivity contribution in [2.75, 3.05) is 43.0 Å². The van der Waals surface area contributed by atoms with Gasteiger partial charge in [0.1, 0.15) is 17.3 Å². The monoisotopic (exact) mass is 582 g/mol. The first kappa shape index (κ1) is 28.0. The zero-order valence-corrected chi connectivity index (χ0v) is 23.4. The molecule has 2 saturated heterocycles. The molecule has 4 N–H and O–H groups in total. The van der Waals surface area contributed by atoms with Crippen LogP contribution in [0.25, 0.3) is 16.7 Å². The number of aromatic nitrogens is 3. The molecule has 2 aromatic carbocycles. The Morgan fingerprint density at radius 2 is 1.83 bits per heavy atom. The summed E-state index contributed by atoms with van der Waals surface area (Å²) in [6.45, 7) is 4.90. The number of aryl methyl sites for hydroxylation is 1. The topological polar surface area (TPSA) is 110 Å². The first-order chi connectivity index (χ1) is 19.7. The molecule has 1 unspecified atom stereocenters. The maximum atomic E-state index is 15.3. The highest BCUT2D eigenvalue weighted by molar-refractivity contribution is 7.99. The van der Waals surface area contributed by atoms with Crippen molar-refractivity contribution in [2.24, 2.45) is 0 Å². The van der Waals surface area contributed by atoms with Crippen molar-refractivity contribution < 1.29 is 24.1 Å². The lowest BCUT2D eigenvalue weighted by molar-refractivity contribution is -0.276. The molecule has 9 nitrogen and oxygen atoms in total. The Kier molecular flexibility index (Phi) is 7.70. The molecule has 0 aliphatic carbocycles. The fourth-order valence-corrected chi connectivity index (χ4v) is 6.39. The summed E-state index contributed by atoms with van der Waals surface area (Å²) >= 11 is 1.65. The summed E-state index contributed by atoms with van der Waals surface area (Å²) in [7, 11) is 0. The molecule has 2 aliphatic heterocycles. The predicted octanol–water partition coefficient (Wildman–Crippen LogP) is 3.46. The van der Waals surface area contributed by atoms with E-state index < -0.39 is 23.1 Å². The van der Waals surface area contributed by atoms with Gasteiger partial charge in [0.05, 0.1) is 17.4 Å². The van der Waals surface area contributed by atoms with Crippen molar-refractivity contribution in [1.82, 2.24) is 24.3 Å². The number of nitrogens with zero attached hydrogens (tertiary/aromatic N) is 5. The van der Waals surface area contributed by atoms with Gasteiger partial charge in [0.15, 0.2) is 0 Å². The van der Waals surface area contributed by atoms with Crippen LogP contribution in [0.3, 0.4) is 0 Å². The van der Waals surface area contributed by atoms with Gasteiger partial charge in [-0.3, -0.25) is 4.90 Å². The van der Waals surface area contributed by atoms with Gasteiger partial charge in [-0.05, 0) is 54.8 Å². The molecule has 6 rings (SSSR count). The molecule has 12 heteroatoms. The Hall–Kier alpha value is -3.13. The van der Waals surface area contributed by atoms with Crippen LogP contribution in [0, 0.1) is 18.6 Å². The Morgan fingerprint density at radius 3 is 2.54 bits per heavy atom. The van der Waals surface area contributed by atoms with Crippen LogP contribution in [0.2, 0.25) is 0 Å². The van der Waals surface area contributed by atoms with Crippen LogP contribution in [0.1, 0.15) is 23.1 Å². The molecule has 0 amide bonds. The number of hydrogen-bond donors (Lipinski definition) is 4. The Bertz CT molecular complexity index is 1550. The second-order valence-corrected chi connectivity index (χ2v) is 11.8. The molecule has 0 bridgehead atoms. The number of hydrogen-bond acceptors (Lipinski definition) is 9. The highest BCUT2D eigenvalue weighted by atomic mass is 32.2. The Morgan fingerprint density at radius 1 is 1.07 bits per heavy atom. The molecule has 216 valence electrons. The first-order valence-electron chi connectivity index (χ1n) is 13.6. The molecule has 41 heavy (non-hydrogen) atoms. The lowest BCUT2D eigenvalue weighted by Crippen LogP contribution is -2.51. The van der Waals surface area contributed by atoms with E-state index in [1.807, 2.05) is 25.1 Å². The van der Waals surface area contributed by atoms with Gasteiger partial charge in [-0.15, -0.1) is 0 Å². The van der Waals surface area contributed by atoms with Gasteiger partial charge in [-0.1, -0.05) is 6.07 Å². The van der Waals surface area contributed by atoms with Gasteiger partial charge in [-0.2, -0.15) is 16.7 Å². The Labute approximate surface area is 240 Å². The van der Waals surface area contributed by atoms with Gasteiger partial charge in [0.25, 0.3) is 5.91 Å². The standard InChI is InChI=1S/C29H32F2N6O3S/c1-18-2-3-21(12-20(18)16-35-6-5-23(38)17-35)33-28-32-15-19-4-7-37(27(19)34-28)22-13-24(30)26(25(31)14-22)29(39,40)36-8-10-41-11-9-36/h2-4,7,12-15,23,38-40H,5-6,8-11,16-17H2,1H3,(H,32,33,34). The van der Waals surface area contributed by atoms with Gasteiger partial charge in [0.2, 0.25) is 5.95 Å². The van der Waals surface area contributed by atoms with Crippen molar-refractivity contribution in [2.45, 2.75) is 31.9 Å². The number of nitrogens with one attached hydrogen (secondary N) is 1. The third-order valence-electron chi connectivity index (χ3n) is 7.77. The molecule has 2 aromatic heterocycles. The number of likely N-dealkylation sites (tertiary alicyclic amines) is 1. The van der Waals surface area contributed by atoms with Gasteiger partial charge >= 0.3 is 0 Å². The lowest BCUT2D eigenvalue weighted by Gasteiger charge is -2.37. The fourth-order valence-electron chi connectivity index (χ4n) is 5.48. The van der Waals surface area contributed by atoms with Crippen LogP contribution >= 0.6 is 11.8 Å². The molecule has 0 saturated carbocycles. The third kappa shape index (κ3) is 5.68. The number of thioether (sulfide) groups is 1. The van der Waals surface area contributed by atoms with E-state index in [2.05, 4.69) is 20.2 Å². The highest BCUT2D eigenvalue weighted by Crippen LogP contribution is 2.32. The maximum absolute atomic E-state index is 15.3. The first-order valence-corrected chi connectivity index (χ1v) is 14.7. The van der Waals surface area contributed by atoms with Crippen molar-refractivity contribution in [3.63, 3.8) is 0 Å². The SMILES string of the molecule is Cc1ccc(Nc2ncc3ccn(-c4cc(F)c(C(O)(O)N5CCSCC5)c(F)c4)c3n2)cc1CN1CCC(O)C1. The summed E-state index contributed by atoms with van der Waals surface area (Å²) < 4.78 is 32.1. The van der Waals surface area contributed by atoms with Gasteiger partial charge in [0, 0.05) is 67.7 Å². The number of benzene rings is 2. The molecular weight excluding hydrogens is 550 g/mol. The molecule has 1 atom stereocenters. The summed E-state index contributed by atoms with van der Waals surface area (Å²) in [6.07, 6.45) is 3.76. The average molecular weight is 583 g/mol. The normalized spacial score (nSPS) is 18.8. The van der Waals surface area contributed by atoms with E-state index in [0.717, 1.165) is 48.5 Å². The molecular formula is C29H32F2N6O3S. The number of β-amino-alcohol motifs (C(OH)–C–C–N with tert-alkyl or cyclic N) is 1. The number of aliphatic hydroxyl groups is 3. The number of rotatable bonds is 7. The summed E-state index contributed by atoms with van der Waals surface area (Å²) in [4.78, 5) is 12.5. The smallest absolute Gasteiger partial charge is 0.259 e. The van der Waals surface area contributed by atoms with E-state index in [-0.39, 0.29) is 11.8 Å². The number of anilines is 2. The number of aliphatic hydroxyl groups excluding tert-OH is 1. The van der Waals surface area contributed by atoms with Crippen LogP contribution < -0.4 is 5.32 Å². The van der Waals surface area contributed by atoms with Crippen molar-refractivity contribution in [3.8, 4) is 5.69 Å². The lowest BCUT2D eigenvalue weighted by atomic mass is 10.1. The summed E-state index contributed by atoms with van der Waals surface area (Å²) in [5.41, 5.74) is 2.86. The van der Waals surface area contributed by atoms with Crippen LogP contribution in [0.5, 0.6) is 0 Å². The molecule has 0 spiro atoms. The average Bonchev–Trinajstić information content (AvgIpc) is 3.56. The highest BCUT2D eigenvalue weighted by Gasteiger charge is 2.40. The van der Waals surface area contributed by atoms with Crippen LogP contribution in [-0.4, -0.2) is 83.4 Å². The quantitative estimate of drug-likeness (QED) is 0.244. The molecule has 2 aliphatic rings. The minimum Gasteiger partial charge on any atom is -0.392 e. The maximum Gasteiger partial charge on any atom is 0.259 e. The second kappa shape index (κ2) is 11.3. The fraction of sp³-hybridized carbons (Fsp3) is 0.379. The van der Waals surface area contributed by atoms with Gasteiger partial charge < -0.3 is 25.2 Å². The summed E-state index contributed by atoms with van der Waals surface area (Å²) in [5, 5.41) is 35.2. The molecule has 2 fully saturated rings. The predicted molar refractivity (Wildman–Crippen MR) is 154 cm³/mol. The van der Waals surface area contributed by atoms with Crippen molar-refractivity contribution in [3.05, 3.63) is 77.1 Å². The minimum absolute atomic E-state index is 0.152. The van der Waals surface area contributed by atoms with Crippen molar-refractivity contribution in [1.29, 1.82) is 0 Å². The summed E-state index contributed by atoms with van der Waals surface area (Å²) in [6, 6.07) is 9.88. The van der Waals surface area contributed by atoms with E-state index in [9.17, 15) is 15.3 Å². The second-order valence-electron chi connectivity index (χ2n) is 10.6. The van der Waals surface area contributed by atoms with E-state index in [1.54, 1.807) is 30.2 Å². The molecule has 4 aromatic rings. The molecule has 4 heterocycles. The minimum atomic E-state index is -2.76. The zero-order valence-electron chi connectivity index (χ0n) is 22.6. The molecule has 0 radical (unpaired) electrons. The van der Waals surface area contributed by atoms with E-state index in [4.69, 9.17) is 0 Å². The van der Waals surface area contributed by atoms with E-state index in [1.165, 1.54) is 9.47 Å². The number of fused-ring (bicyclic) bond motifs is 1. The van der Waals surface area contributed by atoms with Crippen LogP contribution in [-0.2, 0) is 12.5 Å². The third-order valence-corrected chi connectivity index (χ3v) is 8.71. The summed E-state index contributed by atoms with van der Waals surface area (Å²) in [5.74, 6) is -3.28.